The molecule has 2 rings (SSSR count). The zero-order valence-electron chi connectivity index (χ0n) is 10.0. The monoisotopic (exact) mass is 292 g/mol. The van der Waals surface area contributed by atoms with Crippen molar-refractivity contribution in [2.24, 2.45) is 0 Å². The van der Waals surface area contributed by atoms with Crippen molar-refractivity contribution < 1.29 is 14.7 Å². The van der Waals surface area contributed by atoms with Gasteiger partial charge in [0.25, 0.3) is 5.91 Å². The van der Waals surface area contributed by atoms with E-state index in [2.05, 4.69) is 10.3 Å². The van der Waals surface area contributed by atoms with Gasteiger partial charge in [0.05, 0.1) is 10.7 Å². The van der Waals surface area contributed by atoms with Gasteiger partial charge in [0.2, 0.25) is 0 Å². The molecule has 0 atom stereocenters. The van der Waals surface area contributed by atoms with E-state index in [9.17, 15) is 14.4 Å². The third-order valence-corrected chi connectivity index (χ3v) is 2.86. The van der Waals surface area contributed by atoms with Gasteiger partial charge in [0.1, 0.15) is 11.1 Å². The summed E-state index contributed by atoms with van der Waals surface area (Å²) in [7, 11) is 0. The topological polar surface area (TPSA) is 99.3 Å². The van der Waals surface area contributed by atoms with Crippen molar-refractivity contribution in [2.45, 2.75) is 0 Å². The molecule has 0 aliphatic heterocycles. The molecule has 0 unspecified atom stereocenters. The predicted octanol–water partition coefficient (Wildman–Crippen LogP) is 1.98. The second-order valence-electron chi connectivity index (χ2n) is 3.84. The molecule has 1 aromatic carbocycles. The zero-order valence-corrected chi connectivity index (χ0v) is 10.8. The first-order chi connectivity index (χ1) is 9.50. The average molecular weight is 293 g/mol. The highest BCUT2D eigenvalue weighted by Crippen LogP contribution is 2.24. The van der Waals surface area contributed by atoms with Crippen molar-refractivity contribution >= 4 is 29.2 Å². The predicted molar refractivity (Wildman–Crippen MR) is 73.4 cm³/mol. The highest BCUT2D eigenvalue weighted by Gasteiger charge is 2.17. The third kappa shape index (κ3) is 2.70. The van der Waals surface area contributed by atoms with E-state index in [1.54, 1.807) is 0 Å². The lowest BCUT2D eigenvalue weighted by Gasteiger charge is -2.09. The lowest BCUT2D eigenvalue weighted by atomic mass is 10.1. The number of aromatic nitrogens is 1. The van der Waals surface area contributed by atoms with Crippen molar-refractivity contribution in [1.29, 1.82) is 0 Å². The highest BCUT2D eigenvalue weighted by atomic mass is 35.5. The molecular formula is C13H9ClN2O4. The molecule has 0 bridgehead atoms. The molecule has 0 saturated heterocycles. The molecule has 20 heavy (non-hydrogen) atoms. The maximum atomic E-state index is 12.0. The van der Waals surface area contributed by atoms with Crippen LogP contribution < -0.4 is 10.7 Å². The minimum Gasteiger partial charge on any atom is -0.478 e. The molecule has 2 aromatic rings. The van der Waals surface area contributed by atoms with Crippen LogP contribution in [-0.2, 0) is 0 Å². The standard InChI is InChI=1S/C13H9ClN2O4/c14-8-2-1-3-9(11(8)13(19)20)16-12(18)7-6-15-5-4-10(7)17/h1-6H,(H,15,17)(H,16,18)(H,19,20). The Morgan fingerprint density at radius 2 is 2.00 bits per heavy atom. The van der Waals surface area contributed by atoms with E-state index in [1.165, 1.54) is 36.7 Å². The van der Waals surface area contributed by atoms with Crippen LogP contribution in [0, 0.1) is 0 Å². The lowest BCUT2D eigenvalue weighted by molar-refractivity contribution is 0.0698. The van der Waals surface area contributed by atoms with Crippen LogP contribution in [0.15, 0.2) is 41.5 Å². The molecule has 3 N–H and O–H groups in total. The molecule has 1 heterocycles. The number of carbonyl (C=O) groups excluding carboxylic acids is 1. The number of carboxylic acid groups (broad SMARTS) is 1. The van der Waals surface area contributed by atoms with Gasteiger partial charge in [-0.1, -0.05) is 17.7 Å². The fourth-order valence-electron chi connectivity index (χ4n) is 1.63. The van der Waals surface area contributed by atoms with Crippen LogP contribution in [0.25, 0.3) is 0 Å². The van der Waals surface area contributed by atoms with Crippen LogP contribution in [0.4, 0.5) is 5.69 Å². The fraction of sp³-hybridized carbons (Fsp3) is 0. The second kappa shape index (κ2) is 5.58. The summed E-state index contributed by atoms with van der Waals surface area (Å²) in [5, 5.41) is 11.4. The van der Waals surface area contributed by atoms with Gasteiger partial charge in [-0.2, -0.15) is 0 Å². The minimum atomic E-state index is -1.27. The number of benzene rings is 1. The van der Waals surface area contributed by atoms with Crippen molar-refractivity contribution in [2.75, 3.05) is 5.32 Å². The molecule has 0 aliphatic rings. The quantitative estimate of drug-likeness (QED) is 0.805. The van der Waals surface area contributed by atoms with Crippen LogP contribution in [-0.4, -0.2) is 22.0 Å². The number of H-pyrrole nitrogens is 1. The number of anilines is 1. The van der Waals surface area contributed by atoms with Gasteiger partial charge in [0.15, 0.2) is 5.43 Å². The van der Waals surface area contributed by atoms with Gasteiger partial charge < -0.3 is 15.4 Å². The molecule has 0 aliphatic carbocycles. The largest absolute Gasteiger partial charge is 0.478 e. The summed E-state index contributed by atoms with van der Waals surface area (Å²) in [6.07, 6.45) is 2.63. The van der Waals surface area contributed by atoms with Gasteiger partial charge >= 0.3 is 5.97 Å². The first kappa shape index (κ1) is 13.8. The van der Waals surface area contributed by atoms with Crippen molar-refractivity contribution in [3.8, 4) is 0 Å². The number of carbonyl (C=O) groups is 2. The molecule has 0 saturated carbocycles. The first-order valence-corrected chi connectivity index (χ1v) is 5.88. The second-order valence-corrected chi connectivity index (χ2v) is 4.25. The number of carboxylic acids is 1. The number of hydrogen-bond donors (Lipinski definition) is 3. The Bertz CT molecular complexity index is 739. The molecule has 102 valence electrons. The summed E-state index contributed by atoms with van der Waals surface area (Å²) in [6, 6.07) is 5.49. The summed E-state index contributed by atoms with van der Waals surface area (Å²) < 4.78 is 0. The van der Waals surface area contributed by atoms with E-state index >= 15 is 0 Å². The number of halogens is 1. The molecule has 7 heteroatoms. The Labute approximate surface area is 118 Å². The Morgan fingerprint density at radius 3 is 2.65 bits per heavy atom. The Balaban J connectivity index is 2.39. The van der Waals surface area contributed by atoms with Crippen LogP contribution in [0.3, 0.4) is 0 Å². The molecule has 1 aromatic heterocycles. The van der Waals surface area contributed by atoms with E-state index in [1.807, 2.05) is 0 Å². The summed E-state index contributed by atoms with van der Waals surface area (Å²) in [5.41, 5.74) is -0.794. The Kier molecular flexibility index (Phi) is 3.86. The third-order valence-electron chi connectivity index (χ3n) is 2.54. The molecule has 0 fully saturated rings. The molecule has 1 amide bonds. The number of aromatic carboxylic acids is 1. The van der Waals surface area contributed by atoms with E-state index < -0.39 is 17.3 Å². The fourth-order valence-corrected chi connectivity index (χ4v) is 1.88. The van der Waals surface area contributed by atoms with Gasteiger partial charge in [-0.05, 0) is 12.1 Å². The van der Waals surface area contributed by atoms with Crippen LogP contribution in [0.2, 0.25) is 5.02 Å². The maximum absolute atomic E-state index is 12.0. The number of amides is 1. The van der Waals surface area contributed by atoms with Gasteiger partial charge in [-0.25, -0.2) is 4.79 Å². The molecule has 0 spiro atoms. The van der Waals surface area contributed by atoms with Crippen molar-refractivity contribution in [3.63, 3.8) is 0 Å². The van der Waals surface area contributed by atoms with Crippen LogP contribution in [0.5, 0.6) is 0 Å². The normalized spacial score (nSPS) is 10.1. The van der Waals surface area contributed by atoms with Gasteiger partial charge in [0, 0.05) is 18.5 Å². The van der Waals surface area contributed by atoms with Crippen LogP contribution >= 0.6 is 11.6 Å². The van der Waals surface area contributed by atoms with Gasteiger partial charge in [-0.3, -0.25) is 9.59 Å². The SMILES string of the molecule is O=C(O)c1c(Cl)cccc1NC(=O)c1c[nH]ccc1=O. The van der Waals surface area contributed by atoms with E-state index in [0.717, 1.165) is 0 Å². The molecule has 6 nitrogen and oxygen atoms in total. The minimum absolute atomic E-state index is 0.00253. The maximum Gasteiger partial charge on any atom is 0.339 e. The highest BCUT2D eigenvalue weighted by molar-refractivity contribution is 6.34. The van der Waals surface area contributed by atoms with Gasteiger partial charge in [-0.15, -0.1) is 0 Å². The van der Waals surface area contributed by atoms with Crippen molar-refractivity contribution in [1.82, 2.24) is 4.98 Å². The van der Waals surface area contributed by atoms with E-state index in [4.69, 9.17) is 16.7 Å². The zero-order chi connectivity index (χ0) is 14.7. The molecular weight excluding hydrogens is 284 g/mol. The summed E-state index contributed by atoms with van der Waals surface area (Å²) in [6.45, 7) is 0. The Hall–Kier alpha value is -2.60. The molecule has 0 radical (unpaired) electrons. The summed E-state index contributed by atoms with van der Waals surface area (Å²) >= 11 is 5.79. The average Bonchev–Trinajstić information content (AvgIpc) is 2.38. The number of rotatable bonds is 3. The number of pyridine rings is 1. The van der Waals surface area contributed by atoms with Crippen molar-refractivity contribution in [3.05, 3.63) is 63.0 Å². The lowest BCUT2D eigenvalue weighted by Crippen LogP contribution is -2.22. The summed E-state index contributed by atoms with van der Waals surface area (Å²) in [4.78, 5) is 37.2. The van der Waals surface area contributed by atoms with E-state index in [0.29, 0.717) is 0 Å². The van der Waals surface area contributed by atoms with Crippen LogP contribution in [0.1, 0.15) is 20.7 Å². The smallest absolute Gasteiger partial charge is 0.339 e. The first-order valence-electron chi connectivity index (χ1n) is 5.51. The van der Waals surface area contributed by atoms with E-state index in [-0.39, 0.29) is 21.8 Å². The summed E-state index contributed by atoms with van der Waals surface area (Å²) in [5.74, 6) is -1.98. The number of hydrogen-bond acceptors (Lipinski definition) is 3. The Morgan fingerprint density at radius 1 is 1.25 bits per heavy atom. The number of aromatic amines is 1. The number of nitrogens with one attached hydrogen (secondary N) is 2.